The van der Waals surface area contributed by atoms with E-state index in [-0.39, 0.29) is 17.9 Å². The number of fused-ring (bicyclic) bond motifs is 2. The molecule has 0 radical (unpaired) electrons. The monoisotopic (exact) mass is 292 g/mol. The van der Waals surface area contributed by atoms with Gasteiger partial charge in [-0.05, 0) is 61.7 Å². The van der Waals surface area contributed by atoms with Gasteiger partial charge in [0, 0.05) is 12.1 Å². The number of carbonyl (C=O) groups is 1. The van der Waals surface area contributed by atoms with Crippen molar-refractivity contribution in [2.45, 2.75) is 71.4 Å². The predicted octanol–water partition coefficient (Wildman–Crippen LogP) is 2.94. The van der Waals surface area contributed by atoms with E-state index in [0.29, 0.717) is 29.7 Å². The Balaban J connectivity index is 1.65. The molecule has 3 N–H and O–H groups in total. The second-order valence-electron chi connectivity index (χ2n) is 8.38. The molecule has 0 saturated heterocycles. The van der Waals surface area contributed by atoms with E-state index in [9.17, 15) is 4.79 Å². The van der Waals surface area contributed by atoms with Crippen LogP contribution < -0.4 is 11.1 Å². The van der Waals surface area contributed by atoms with E-state index in [1.54, 1.807) is 0 Å². The Morgan fingerprint density at radius 3 is 2.43 bits per heavy atom. The number of nitrogens with two attached hydrogens (primary N) is 1. The van der Waals surface area contributed by atoms with E-state index < -0.39 is 0 Å². The lowest BCUT2D eigenvalue weighted by Gasteiger charge is -2.39. The molecule has 3 aliphatic rings. The molecule has 0 aliphatic heterocycles. The first-order chi connectivity index (χ1) is 9.97. The smallest absolute Gasteiger partial charge is 0.225 e. The summed E-state index contributed by atoms with van der Waals surface area (Å²) < 4.78 is 0. The van der Waals surface area contributed by atoms with Crippen LogP contribution in [0.3, 0.4) is 0 Å². The first-order valence-electron chi connectivity index (χ1n) is 9.03. The van der Waals surface area contributed by atoms with Crippen molar-refractivity contribution in [1.29, 1.82) is 0 Å². The maximum Gasteiger partial charge on any atom is 0.225 e. The van der Waals surface area contributed by atoms with Crippen molar-refractivity contribution >= 4 is 5.91 Å². The first-order valence-corrected chi connectivity index (χ1v) is 9.03. The highest BCUT2D eigenvalue weighted by molar-refractivity contribution is 5.80. The molecular formula is C18H32N2O. The summed E-state index contributed by atoms with van der Waals surface area (Å²) in [4.78, 5) is 12.8. The van der Waals surface area contributed by atoms with E-state index in [1.165, 1.54) is 32.1 Å². The summed E-state index contributed by atoms with van der Waals surface area (Å²) in [7, 11) is 0. The van der Waals surface area contributed by atoms with Gasteiger partial charge in [0.25, 0.3) is 0 Å². The van der Waals surface area contributed by atoms with E-state index in [0.717, 1.165) is 12.3 Å². The standard InChI is InChI=1S/C18H32N2O/c1-10(2)14-7-4-11(3)8-15(14)20-18(21)16-12-5-6-13(9-12)17(16)19/h10-17H,4-9,19H2,1-3H3,(H,20,21). The first kappa shape index (κ1) is 15.3. The minimum Gasteiger partial charge on any atom is -0.353 e. The summed E-state index contributed by atoms with van der Waals surface area (Å²) >= 11 is 0. The van der Waals surface area contributed by atoms with Crippen molar-refractivity contribution in [2.24, 2.45) is 41.2 Å². The van der Waals surface area contributed by atoms with Gasteiger partial charge in [-0.15, -0.1) is 0 Å². The fourth-order valence-corrected chi connectivity index (χ4v) is 5.37. The third-order valence-electron chi connectivity index (χ3n) is 6.63. The fraction of sp³-hybridized carbons (Fsp3) is 0.944. The molecule has 3 saturated carbocycles. The van der Waals surface area contributed by atoms with Crippen LogP contribution in [0.1, 0.15) is 59.3 Å². The van der Waals surface area contributed by atoms with Gasteiger partial charge in [-0.1, -0.05) is 27.2 Å². The van der Waals surface area contributed by atoms with Gasteiger partial charge in [0.2, 0.25) is 5.91 Å². The molecule has 2 bridgehead atoms. The highest BCUT2D eigenvalue weighted by atomic mass is 16.2. The fourth-order valence-electron chi connectivity index (χ4n) is 5.37. The molecule has 3 nitrogen and oxygen atoms in total. The maximum atomic E-state index is 12.8. The second-order valence-corrected chi connectivity index (χ2v) is 8.38. The lowest BCUT2D eigenvalue weighted by Crippen LogP contribution is -2.52. The van der Waals surface area contributed by atoms with Gasteiger partial charge >= 0.3 is 0 Å². The molecule has 0 heterocycles. The Morgan fingerprint density at radius 2 is 1.81 bits per heavy atom. The highest BCUT2D eigenvalue weighted by Gasteiger charge is 2.49. The summed E-state index contributed by atoms with van der Waals surface area (Å²) in [5.74, 6) is 3.55. The molecule has 3 heteroatoms. The Labute approximate surface area is 129 Å². The lowest BCUT2D eigenvalue weighted by molar-refractivity contribution is -0.128. The molecule has 1 amide bonds. The van der Waals surface area contributed by atoms with Crippen LogP contribution in [0, 0.1) is 35.5 Å². The van der Waals surface area contributed by atoms with Crippen molar-refractivity contribution in [3.63, 3.8) is 0 Å². The Bertz CT molecular complexity index is 393. The Morgan fingerprint density at radius 1 is 1.10 bits per heavy atom. The van der Waals surface area contributed by atoms with Gasteiger partial charge in [-0.2, -0.15) is 0 Å². The minimum absolute atomic E-state index is 0.0915. The third-order valence-corrected chi connectivity index (χ3v) is 6.63. The maximum absolute atomic E-state index is 12.8. The number of nitrogens with one attached hydrogen (secondary N) is 1. The van der Waals surface area contributed by atoms with Crippen LogP contribution in [-0.4, -0.2) is 18.0 Å². The topological polar surface area (TPSA) is 55.1 Å². The number of hydrogen-bond acceptors (Lipinski definition) is 2. The lowest BCUT2D eigenvalue weighted by atomic mass is 9.73. The number of carbonyl (C=O) groups excluding carboxylic acids is 1. The van der Waals surface area contributed by atoms with Crippen LogP contribution >= 0.6 is 0 Å². The Kier molecular flexibility index (Phi) is 4.31. The molecule has 7 unspecified atom stereocenters. The second kappa shape index (κ2) is 5.91. The molecule has 0 aromatic carbocycles. The molecule has 21 heavy (non-hydrogen) atoms. The largest absolute Gasteiger partial charge is 0.353 e. The van der Waals surface area contributed by atoms with Crippen LogP contribution in [-0.2, 0) is 4.79 Å². The summed E-state index contributed by atoms with van der Waals surface area (Å²) in [6.07, 6.45) is 7.35. The molecule has 120 valence electrons. The SMILES string of the molecule is CC1CCC(C(C)C)C(NC(=O)C2C3CCC(C3)C2N)C1. The predicted molar refractivity (Wildman–Crippen MR) is 85.6 cm³/mol. The van der Waals surface area contributed by atoms with E-state index >= 15 is 0 Å². The summed E-state index contributed by atoms with van der Waals surface area (Å²) in [6.45, 7) is 6.91. The molecular weight excluding hydrogens is 260 g/mol. The molecule has 3 aliphatic carbocycles. The summed E-state index contributed by atoms with van der Waals surface area (Å²) in [5, 5.41) is 3.42. The zero-order valence-corrected chi connectivity index (χ0v) is 13.8. The van der Waals surface area contributed by atoms with E-state index in [4.69, 9.17) is 5.73 Å². The molecule has 7 atom stereocenters. The van der Waals surface area contributed by atoms with Crippen molar-refractivity contribution in [3.05, 3.63) is 0 Å². The van der Waals surface area contributed by atoms with E-state index in [1.807, 2.05) is 0 Å². The van der Waals surface area contributed by atoms with Gasteiger partial charge in [0.15, 0.2) is 0 Å². The van der Waals surface area contributed by atoms with Gasteiger partial charge in [0.1, 0.15) is 0 Å². The molecule has 0 aromatic heterocycles. The van der Waals surface area contributed by atoms with Crippen molar-refractivity contribution in [3.8, 4) is 0 Å². The van der Waals surface area contributed by atoms with Crippen molar-refractivity contribution in [2.75, 3.05) is 0 Å². The van der Waals surface area contributed by atoms with Crippen molar-refractivity contribution < 1.29 is 4.79 Å². The average Bonchev–Trinajstić information content (AvgIpc) is 2.98. The Hall–Kier alpha value is -0.570. The summed E-state index contributed by atoms with van der Waals surface area (Å²) in [5.41, 5.74) is 6.33. The van der Waals surface area contributed by atoms with E-state index in [2.05, 4.69) is 26.1 Å². The third kappa shape index (κ3) is 2.86. The zero-order valence-electron chi connectivity index (χ0n) is 13.8. The quantitative estimate of drug-likeness (QED) is 0.840. The normalized spacial score (nSPS) is 46.0. The molecule has 3 rings (SSSR count). The summed E-state index contributed by atoms with van der Waals surface area (Å²) in [6, 6.07) is 0.481. The van der Waals surface area contributed by atoms with Crippen LogP contribution in [0.25, 0.3) is 0 Å². The average molecular weight is 292 g/mol. The van der Waals surface area contributed by atoms with Crippen LogP contribution in [0.4, 0.5) is 0 Å². The molecule has 0 spiro atoms. The minimum atomic E-state index is 0.0915. The van der Waals surface area contributed by atoms with Gasteiger partial charge in [-0.25, -0.2) is 0 Å². The molecule has 0 aromatic rings. The number of rotatable bonds is 3. The zero-order chi connectivity index (χ0) is 15.1. The van der Waals surface area contributed by atoms with Crippen LogP contribution in [0.15, 0.2) is 0 Å². The van der Waals surface area contributed by atoms with Crippen molar-refractivity contribution in [1.82, 2.24) is 5.32 Å². The van der Waals surface area contributed by atoms with Gasteiger partial charge < -0.3 is 11.1 Å². The van der Waals surface area contributed by atoms with Gasteiger partial charge in [-0.3, -0.25) is 4.79 Å². The van der Waals surface area contributed by atoms with Crippen LogP contribution in [0.2, 0.25) is 0 Å². The number of amides is 1. The highest BCUT2D eigenvalue weighted by Crippen LogP contribution is 2.48. The van der Waals surface area contributed by atoms with Crippen LogP contribution in [0.5, 0.6) is 0 Å². The van der Waals surface area contributed by atoms with Gasteiger partial charge in [0.05, 0.1) is 5.92 Å². The number of hydrogen-bond donors (Lipinski definition) is 2. The molecule has 3 fully saturated rings.